The average Bonchev–Trinajstić information content (AvgIpc) is 0.722. The molecule has 0 saturated heterocycles. The monoisotopic (exact) mass is 317 g/mol. The van der Waals surface area contributed by atoms with Crippen LogP contribution in [0.25, 0.3) is 0 Å². The van der Waals surface area contributed by atoms with Crippen LogP contribution in [0.4, 0.5) is 0 Å². The van der Waals surface area contributed by atoms with Gasteiger partial charge in [-0.1, -0.05) is 0 Å². The van der Waals surface area contributed by atoms with Crippen LogP contribution >= 0.6 is 0 Å². The van der Waals surface area contributed by atoms with Gasteiger partial charge in [0.25, 0.3) is 0 Å². The summed E-state index contributed by atoms with van der Waals surface area (Å²) >= 11 is 0. The number of hydrogen-bond donors (Lipinski definition) is 0. The second-order valence-electron chi connectivity index (χ2n) is 0.408. The molecule has 0 aromatic rings. The Bertz CT molecular complexity index is 104. The Labute approximate surface area is 106 Å². The third-order valence-corrected chi connectivity index (χ3v) is 0. The molecule has 47 valence electrons. The molecule has 0 aromatic carbocycles. The molecule has 0 saturated carbocycles. The van der Waals surface area contributed by atoms with Gasteiger partial charge in [0, 0.05) is 59.0 Å². The minimum absolute atomic E-state index is 0. The summed E-state index contributed by atoms with van der Waals surface area (Å²) in [6.07, 6.45) is 0. The van der Waals surface area contributed by atoms with Crippen LogP contribution in [0.2, 0.25) is 0 Å². The van der Waals surface area contributed by atoms with Crippen LogP contribution < -0.4 is 29.6 Å². The zero-order chi connectivity index (χ0) is 4.50. The first-order valence-electron chi connectivity index (χ1n) is 0.667. The van der Waals surface area contributed by atoms with E-state index in [1.807, 2.05) is 0 Å². The molecule has 0 N–H and O–H groups in total. The maximum atomic E-state index is 8.52. The van der Waals surface area contributed by atoms with E-state index in [0.717, 1.165) is 0 Å². The smallest absolute Gasteiger partial charge is 0.759 e. The van der Waals surface area contributed by atoms with Crippen molar-refractivity contribution in [2.75, 3.05) is 0 Å². The minimum atomic E-state index is -5.17. The molecule has 0 aliphatic carbocycles. The van der Waals surface area contributed by atoms with Gasteiger partial charge in [0.2, 0.25) is 0 Å². The van der Waals surface area contributed by atoms with Crippen molar-refractivity contribution in [3.63, 3.8) is 0 Å². The van der Waals surface area contributed by atoms with Crippen molar-refractivity contribution in [3.8, 4) is 0 Å². The fourth-order valence-corrected chi connectivity index (χ4v) is 0. The van der Waals surface area contributed by atoms with Gasteiger partial charge in [0.1, 0.15) is 0 Å². The second-order valence-corrected chi connectivity index (χ2v) is 1.22. The van der Waals surface area contributed by atoms with Crippen molar-refractivity contribution in [2.45, 2.75) is 0 Å². The molecule has 0 aliphatic heterocycles. The van der Waals surface area contributed by atoms with Crippen LogP contribution in [-0.4, -0.2) is 17.5 Å². The zero-order valence-electron chi connectivity index (χ0n) is 4.84. The molecule has 8 heteroatoms. The Morgan fingerprint density at radius 3 is 1.25 bits per heavy atom. The van der Waals surface area contributed by atoms with Crippen molar-refractivity contribution >= 4 is 10.4 Å². The van der Waals surface area contributed by atoms with E-state index in [1.165, 1.54) is 0 Å². The molecule has 0 aromatic heterocycles. The molecule has 0 spiro atoms. The predicted octanol–water partition coefficient (Wildman–Crippen LogP) is -4.23. The van der Waals surface area contributed by atoms with Gasteiger partial charge < -0.3 is 9.11 Å². The van der Waals surface area contributed by atoms with Gasteiger partial charge in [-0.25, -0.2) is 0 Å². The molecular weight excluding hydrogens is 318 g/mol. The first-order chi connectivity index (χ1) is 2.00. The first-order valence-corrected chi connectivity index (χ1v) is 2.00. The Balaban J connectivity index is -0.0000000133. The molecule has 0 aliphatic rings. The zero-order valence-corrected chi connectivity index (χ0v) is 10.6. The molecule has 0 heterocycles. The molecule has 0 fully saturated rings. The Morgan fingerprint density at radius 2 is 1.25 bits per heavy atom. The summed E-state index contributed by atoms with van der Waals surface area (Å²) in [6.45, 7) is 0. The topological polar surface area (TPSA) is 80.3 Å². The fourth-order valence-electron chi connectivity index (χ4n) is 0. The van der Waals surface area contributed by atoms with Gasteiger partial charge in [0.15, 0.2) is 0 Å². The van der Waals surface area contributed by atoms with E-state index in [4.69, 9.17) is 17.5 Å². The summed E-state index contributed by atoms with van der Waals surface area (Å²) in [4.78, 5) is 0. The van der Waals surface area contributed by atoms with Gasteiger partial charge in [-0.15, -0.1) is 0 Å². The van der Waals surface area contributed by atoms with Gasteiger partial charge in [-0.05, 0) is 0 Å². The van der Waals surface area contributed by atoms with E-state index < -0.39 is 10.4 Å². The largest absolute Gasteiger partial charge is 1.00 e. The third-order valence-electron chi connectivity index (χ3n) is 0. The van der Waals surface area contributed by atoms with E-state index in [1.54, 1.807) is 0 Å². The van der Waals surface area contributed by atoms with Crippen molar-refractivity contribution in [1.82, 2.24) is 0 Å². The number of hydrogen-bond acceptors (Lipinski definition) is 4. The van der Waals surface area contributed by atoms with Crippen molar-refractivity contribution in [1.29, 1.82) is 0 Å². The van der Waals surface area contributed by atoms with Gasteiger partial charge in [-0.3, -0.25) is 8.42 Å². The molecule has 4 nitrogen and oxygen atoms in total. The quantitative estimate of drug-likeness (QED) is 0.257. The van der Waals surface area contributed by atoms with Crippen LogP contribution in [-0.2, 0) is 59.0 Å². The SMILES string of the molecule is O=S(=O)([O-])[O-].[Ag].[H+].[Na+].[Zr]. The van der Waals surface area contributed by atoms with E-state index in [9.17, 15) is 0 Å². The van der Waals surface area contributed by atoms with Crippen molar-refractivity contribution in [3.05, 3.63) is 0 Å². The summed E-state index contributed by atoms with van der Waals surface area (Å²) in [7, 11) is -5.17. The molecule has 0 bridgehead atoms. The summed E-state index contributed by atoms with van der Waals surface area (Å²) in [5, 5.41) is 0. The molecule has 0 unspecified atom stereocenters. The van der Waals surface area contributed by atoms with E-state index in [0.29, 0.717) is 0 Å². The molecular formula is HAgNaO4SZr. The Morgan fingerprint density at radius 1 is 1.25 bits per heavy atom. The van der Waals surface area contributed by atoms with Crippen LogP contribution in [0.3, 0.4) is 0 Å². The maximum Gasteiger partial charge on any atom is 1.00 e. The van der Waals surface area contributed by atoms with Crippen LogP contribution in [0.5, 0.6) is 0 Å². The van der Waals surface area contributed by atoms with Crippen LogP contribution in [0.15, 0.2) is 0 Å². The van der Waals surface area contributed by atoms with Gasteiger partial charge >= 0.3 is 31.0 Å². The van der Waals surface area contributed by atoms with Crippen LogP contribution in [0.1, 0.15) is 1.43 Å². The van der Waals surface area contributed by atoms with Gasteiger partial charge in [-0.2, -0.15) is 0 Å². The van der Waals surface area contributed by atoms with E-state index in [2.05, 4.69) is 0 Å². The standard InChI is InChI=1S/Ag.Na.H2O4S.Zr/c;;1-5(2,3)4;/h;;(H2,1,2,3,4);/q;+1;;/p-1. The number of rotatable bonds is 0. The fraction of sp³-hybridized carbons (Fsp3) is 0. The van der Waals surface area contributed by atoms with Gasteiger partial charge in [0.05, 0.1) is 0 Å². The third kappa shape index (κ3) is 76.7. The molecule has 1 radical (unpaired) electrons. The molecule has 0 amide bonds. The van der Waals surface area contributed by atoms with Crippen molar-refractivity contribution in [2.24, 2.45) is 0 Å². The summed E-state index contributed by atoms with van der Waals surface area (Å²) in [5.41, 5.74) is 0. The first kappa shape index (κ1) is 22.4. The second kappa shape index (κ2) is 9.49. The van der Waals surface area contributed by atoms with Crippen LogP contribution in [0, 0.1) is 0 Å². The summed E-state index contributed by atoms with van der Waals surface area (Å²) in [5.74, 6) is 0. The average molecular weight is 319 g/mol. The maximum absolute atomic E-state index is 8.52. The molecule has 8 heavy (non-hydrogen) atoms. The molecule has 0 atom stereocenters. The van der Waals surface area contributed by atoms with E-state index >= 15 is 0 Å². The summed E-state index contributed by atoms with van der Waals surface area (Å²) < 4.78 is 34.1. The predicted molar refractivity (Wildman–Crippen MR) is 11.6 cm³/mol. The molecule has 0 rings (SSSR count). The Kier molecular flexibility index (Phi) is 26.6. The summed E-state index contributed by atoms with van der Waals surface area (Å²) in [6, 6.07) is 0. The minimum Gasteiger partial charge on any atom is -0.759 e. The Hall–Kier alpha value is 2.49. The van der Waals surface area contributed by atoms with E-state index in [-0.39, 0.29) is 79.6 Å². The normalized spacial score (nSPS) is 7.25. The van der Waals surface area contributed by atoms with Crippen molar-refractivity contribution < 1.29 is 97.1 Å².